The predicted octanol–water partition coefficient (Wildman–Crippen LogP) is -0.0376. The van der Waals surface area contributed by atoms with Gasteiger partial charge < -0.3 is 10.0 Å². The number of hydrogen-bond acceptors (Lipinski definition) is 4. The van der Waals surface area contributed by atoms with Crippen LogP contribution >= 0.6 is 0 Å². The maximum Gasteiger partial charge on any atom is 0.488 e. The zero-order valence-electron chi connectivity index (χ0n) is 8.67. The number of rotatable bonds is 4. The van der Waals surface area contributed by atoms with Crippen LogP contribution in [0.25, 0.3) is 0 Å². The van der Waals surface area contributed by atoms with Crippen LogP contribution in [-0.4, -0.2) is 17.2 Å². The molecule has 1 rings (SSSR count). The Hall–Kier alpha value is -1.82. The standard InChI is InChI=1S/C11H11BN2O2/c13-6-5-9(8-14)7-10-3-1-2-4-11(10)12(15)16/h1-4,9,15-16H,5,7H2. The minimum absolute atomic E-state index is 0.145. The van der Waals surface area contributed by atoms with Crippen molar-refractivity contribution in [3.05, 3.63) is 29.8 Å². The molecular formula is C11H11BN2O2. The van der Waals surface area contributed by atoms with E-state index >= 15 is 0 Å². The maximum absolute atomic E-state index is 9.13. The Bertz CT molecular complexity index is 434. The predicted molar refractivity (Wildman–Crippen MR) is 59.3 cm³/mol. The first-order chi connectivity index (χ1) is 7.69. The highest BCUT2D eigenvalue weighted by molar-refractivity contribution is 6.59. The zero-order chi connectivity index (χ0) is 12.0. The van der Waals surface area contributed by atoms with Crippen LogP contribution in [-0.2, 0) is 6.42 Å². The molecule has 16 heavy (non-hydrogen) atoms. The van der Waals surface area contributed by atoms with Crippen LogP contribution in [0.5, 0.6) is 0 Å². The van der Waals surface area contributed by atoms with Crippen LogP contribution in [0.2, 0.25) is 0 Å². The van der Waals surface area contributed by atoms with Gasteiger partial charge in [0.15, 0.2) is 0 Å². The van der Waals surface area contributed by atoms with Crippen molar-refractivity contribution >= 4 is 12.6 Å². The van der Waals surface area contributed by atoms with Crippen molar-refractivity contribution < 1.29 is 10.0 Å². The largest absolute Gasteiger partial charge is 0.488 e. The summed E-state index contributed by atoms with van der Waals surface area (Å²) in [6.45, 7) is 0. The van der Waals surface area contributed by atoms with Crippen molar-refractivity contribution in [3.63, 3.8) is 0 Å². The molecule has 0 saturated heterocycles. The van der Waals surface area contributed by atoms with Crippen LogP contribution in [0, 0.1) is 28.6 Å². The van der Waals surface area contributed by atoms with E-state index < -0.39 is 13.0 Å². The summed E-state index contributed by atoms with van der Waals surface area (Å²) in [6.07, 6.45) is 0.504. The average molecular weight is 214 g/mol. The van der Waals surface area contributed by atoms with Gasteiger partial charge in [-0.25, -0.2) is 0 Å². The van der Waals surface area contributed by atoms with Crippen molar-refractivity contribution in [1.82, 2.24) is 0 Å². The van der Waals surface area contributed by atoms with Gasteiger partial charge in [-0.05, 0) is 17.4 Å². The molecule has 0 aromatic heterocycles. The molecule has 0 fully saturated rings. The molecule has 2 N–H and O–H groups in total. The summed E-state index contributed by atoms with van der Waals surface area (Å²) >= 11 is 0. The summed E-state index contributed by atoms with van der Waals surface area (Å²) in [7, 11) is -1.54. The molecular weight excluding hydrogens is 203 g/mol. The average Bonchev–Trinajstić information content (AvgIpc) is 2.29. The molecule has 0 spiro atoms. The summed E-state index contributed by atoms with van der Waals surface area (Å²) in [4.78, 5) is 0. The topological polar surface area (TPSA) is 88.0 Å². The molecule has 1 aromatic carbocycles. The molecule has 0 aliphatic heterocycles. The lowest BCUT2D eigenvalue weighted by atomic mass is 9.75. The summed E-state index contributed by atoms with van der Waals surface area (Å²) in [5.74, 6) is -0.412. The molecule has 0 bridgehead atoms. The fourth-order valence-electron chi connectivity index (χ4n) is 1.51. The van der Waals surface area contributed by atoms with Gasteiger partial charge in [0.2, 0.25) is 0 Å². The van der Waals surface area contributed by atoms with Gasteiger partial charge in [-0.15, -0.1) is 0 Å². The van der Waals surface area contributed by atoms with Gasteiger partial charge in [0.1, 0.15) is 0 Å². The number of nitrogens with zero attached hydrogens (tertiary/aromatic N) is 2. The highest BCUT2D eigenvalue weighted by Crippen LogP contribution is 2.09. The Kier molecular flexibility index (Phi) is 4.53. The third-order valence-corrected chi connectivity index (χ3v) is 2.32. The van der Waals surface area contributed by atoms with Crippen molar-refractivity contribution in [2.75, 3.05) is 0 Å². The van der Waals surface area contributed by atoms with Gasteiger partial charge >= 0.3 is 7.12 Å². The fourth-order valence-corrected chi connectivity index (χ4v) is 1.51. The van der Waals surface area contributed by atoms with Crippen LogP contribution < -0.4 is 5.46 Å². The lowest BCUT2D eigenvalue weighted by molar-refractivity contribution is 0.425. The molecule has 0 aliphatic rings. The minimum Gasteiger partial charge on any atom is -0.423 e. The summed E-state index contributed by atoms with van der Waals surface area (Å²) in [6, 6.07) is 10.8. The molecule has 5 heteroatoms. The quantitative estimate of drug-likeness (QED) is 0.688. The Balaban J connectivity index is 2.89. The van der Waals surface area contributed by atoms with Gasteiger partial charge in [0.25, 0.3) is 0 Å². The first kappa shape index (κ1) is 12.3. The van der Waals surface area contributed by atoms with E-state index in [1.807, 2.05) is 12.1 Å². The summed E-state index contributed by atoms with van der Waals surface area (Å²) in [5, 5.41) is 35.6. The number of hydrogen-bond donors (Lipinski definition) is 2. The molecule has 0 saturated carbocycles. The summed E-state index contributed by atoms with van der Waals surface area (Å²) < 4.78 is 0. The maximum atomic E-state index is 9.13. The van der Waals surface area contributed by atoms with Gasteiger partial charge in [-0.3, -0.25) is 0 Å². The molecule has 4 nitrogen and oxygen atoms in total. The lowest BCUT2D eigenvalue weighted by Crippen LogP contribution is -2.33. The van der Waals surface area contributed by atoms with Gasteiger partial charge in [-0.1, -0.05) is 24.3 Å². The third-order valence-electron chi connectivity index (χ3n) is 2.32. The van der Waals surface area contributed by atoms with E-state index in [9.17, 15) is 0 Å². The highest BCUT2D eigenvalue weighted by Gasteiger charge is 2.17. The van der Waals surface area contributed by atoms with E-state index in [0.29, 0.717) is 17.4 Å². The first-order valence-corrected chi connectivity index (χ1v) is 4.89. The second-order valence-electron chi connectivity index (χ2n) is 3.46. The Morgan fingerprint density at radius 1 is 1.25 bits per heavy atom. The van der Waals surface area contributed by atoms with E-state index in [0.717, 1.165) is 0 Å². The number of nitriles is 2. The molecule has 0 radical (unpaired) electrons. The molecule has 0 aliphatic carbocycles. The van der Waals surface area contributed by atoms with E-state index in [1.165, 1.54) is 0 Å². The third kappa shape index (κ3) is 3.10. The zero-order valence-corrected chi connectivity index (χ0v) is 8.67. The van der Waals surface area contributed by atoms with Gasteiger partial charge in [0.05, 0.1) is 24.5 Å². The normalized spacial score (nSPS) is 11.2. The van der Waals surface area contributed by atoms with Crippen LogP contribution in [0.1, 0.15) is 12.0 Å². The van der Waals surface area contributed by atoms with E-state index in [4.69, 9.17) is 20.6 Å². The van der Waals surface area contributed by atoms with E-state index in [2.05, 4.69) is 0 Å². The van der Waals surface area contributed by atoms with Gasteiger partial charge in [-0.2, -0.15) is 10.5 Å². The van der Waals surface area contributed by atoms with Crippen LogP contribution in [0.3, 0.4) is 0 Å². The summed E-state index contributed by atoms with van der Waals surface area (Å²) in [5.41, 5.74) is 1.08. The molecule has 80 valence electrons. The monoisotopic (exact) mass is 214 g/mol. The first-order valence-electron chi connectivity index (χ1n) is 4.89. The molecule has 0 amide bonds. The van der Waals surface area contributed by atoms with E-state index in [1.54, 1.807) is 24.3 Å². The van der Waals surface area contributed by atoms with Crippen LogP contribution in [0.15, 0.2) is 24.3 Å². The van der Waals surface area contributed by atoms with Crippen LogP contribution in [0.4, 0.5) is 0 Å². The minimum atomic E-state index is -1.54. The molecule has 1 aromatic rings. The smallest absolute Gasteiger partial charge is 0.423 e. The van der Waals surface area contributed by atoms with Crippen molar-refractivity contribution in [1.29, 1.82) is 10.5 Å². The second kappa shape index (κ2) is 5.92. The Morgan fingerprint density at radius 3 is 2.50 bits per heavy atom. The molecule has 1 atom stereocenters. The van der Waals surface area contributed by atoms with E-state index in [-0.39, 0.29) is 6.42 Å². The number of benzene rings is 1. The van der Waals surface area contributed by atoms with Crippen molar-refractivity contribution in [3.8, 4) is 12.1 Å². The van der Waals surface area contributed by atoms with Gasteiger partial charge in [0, 0.05) is 0 Å². The lowest BCUT2D eigenvalue weighted by Gasteiger charge is -2.10. The Morgan fingerprint density at radius 2 is 1.94 bits per heavy atom. The molecule has 1 unspecified atom stereocenters. The fraction of sp³-hybridized carbons (Fsp3) is 0.273. The molecule has 0 heterocycles. The second-order valence-corrected chi connectivity index (χ2v) is 3.46. The highest BCUT2D eigenvalue weighted by atomic mass is 16.4. The Labute approximate surface area is 94.5 Å². The van der Waals surface area contributed by atoms with Crippen molar-refractivity contribution in [2.45, 2.75) is 12.8 Å². The SMILES string of the molecule is N#CCC(C#N)Cc1ccccc1B(O)O. The van der Waals surface area contributed by atoms with Crippen molar-refractivity contribution in [2.24, 2.45) is 5.92 Å².